The average Bonchev–Trinajstić information content (AvgIpc) is 2.90. The Labute approximate surface area is 111 Å². The molecule has 4 nitrogen and oxygen atoms in total. The minimum atomic E-state index is 0.224. The van der Waals surface area contributed by atoms with Crippen molar-refractivity contribution in [3.63, 3.8) is 0 Å². The molecule has 1 heterocycles. The topological polar surface area (TPSA) is 44.4 Å². The first-order valence-electron chi connectivity index (χ1n) is 7.46. The molecule has 4 heteroatoms. The first-order valence-corrected chi connectivity index (χ1v) is 7.46. The summed E-state index contributed by atoms with van der Waals surface area (Å²) in [5, 5.41) is 6.36. The molecule has 0 aromatic carbocycles. The molecule has 0 saturated carbocycles. The maximum Gasteiger partial charge on any atom is 0.220 e. The Morgan fingerprint density at radius 2 is 2.17 bits per heavy atom. The fourth-order valence-corrected chi connectivity index (χ4v) is 2.45. The van der Waals surface area contributed by atoms with Crippen LogP contribution < -0.4 is 10.6 Å². The Morgan fingerprint density at radius 3 is 2.78 bits per heavy atom. The van der Waals surface area contributed by atoms with Gasteiger partial charge in [-0.05, 0) is 57.9 Å². The molecular weight excluding hydrogens is 226 g/mol. The molecule has 18 heavy (non-hydrogen) atoms. The van der Waals surface area contributed by atoms with Crippen molar-refractivity contribution in [1.82, 2.24) is 15.5 Å². The Kier molecular flexibility index (Phi) is 8.01. The van der Waals surface area contributed by atoms with Gasteiger partial charge in [0.2, 0.25) is 5.91 Å². The van der Waals surface area contributed by atoms with Crippen molar-refractivity contribution in [3.8, 4) is 0 Å². The molecule has 0 bridgehead atoms. The number of rotatable bonds is 9. The van der Waals surface area contributed by atoms with Crippen LogP contribution in [0.2, 0.25) is 0 Å². The molecular formula is C14H29N3O. The number of carbonyl (C=O) groups excluding carboxylic acids is 1. The maximum absolute atomic E-state index is 11.6. The summed E-state index contributed by atoms with van der Waals surface area (Å²) in [4.78, 5) is 14.0. The van der Waals surface area contributed by atoms with Crippen LogP contribution in [0.4, 0.5) is 0 Å². The molecule has 1 atom stereocenters. The quantitative estimate of drug-likeness (QED) is 0.609. The van der Waals surface area contributed by atoms with Gasteiger partial charge in [-0.3, -0.25) is 4.79 Å². The van der Waals surface area contributed by atoms with E-state index in [0.717, 1.165) is 52.1 Å². The zero-order valence-corrected chi connectivity index (χ0v) is 12.0. The fraction of sp³-hybridized carbons (Fsp3) is 0.929. The van der Waals surface area contributed by atoms with Gasteiger partial charge in [0.25, 0.3) is 0 Å². The first kappa shape index (κ1) is 15.4. The molecule has 0 aliphatic carbocycles. The van der Waals surface area contributed by atoms with Crippen molar-refractivity contribution in [1.29, 1.82) is 0 Å². The third-order valence-corrected chi connectivity index (χ3v) is 3.81. The second-order valence-corrected chi connectivity index (χ2v) is 5.13. The zero-order valence-electron chi connectivity index (χ0n) is 12.0. The standard InChI is InChI=1S/C14H29N3O/c1-3-17(4-2)11-5-9-16-14(18)7-6-13-8-10-15-12-13/h13,15H,3-12H2,1-2H3,(H,16,18). The van der Waals surface area contributed by atoms with E-state index in [0.29, 0.717) is 12.3 Å². The molecule has 106 valence electrons. The summed E-state index contributed by atoms with van der Waals surface area (Å²) in [6, 6.07) is 0. The van der Waals surface area contributed by atoms with Crippen LogP contribution in [0.15, 0.2) is 0 Å². The monoisotopic (exact) mass is 255 g/mol. The lowest BCUT2D eigenvalue weighted by Gasteiger charge is -2.17. The van der Waals surface area contributed by atoms with Crippen LogP contribution in [0.3, 0.4) is 0 Å². The molecule has 1 unspecified atom stereocenters. The van der Waals surface area contributed by atoms with E-state index in [9.17, 15) is 4.79 Å². The van der Waals surface area contributed by atoms with E-state index in [4.69, 9.17) is 0 Å². The van der Waals surface area contributed by atoms with Gasteiger partial charge in [-0.2, -0.15) is 0 Å². The molecule has 0 aromatic rings. The van der Waals surface area contributed by atoms with Crippen molar-refractivity contribution in [2.24, 2.45) is 5.92 Å². The van der Waals surface area contributed by atoms with E-state index >= 15 is 0 Å². The lowest BCUT2D eigenvalue weighted by atomic mass is 10.0. The lowest BCUT2D eigenvalue weighted by molar-refractivity contribution is -0.121. The minimum Gasteiger partial charge on any atom is -0.356 e. The van der Waals surface area contributed by atoms with Crippen LogP contribution >= 0.6 is 0 Å². The van der Waals surface area contributed by atoms with E-state index in [-0.39, 0.29) is 5.91 Å². The van der Waals surface area contributed by atoms with Crippen LogP contribution in [-0.4, -0.2) is 50.1 Å². The third kappa shape index (κ3) is 6.36. The predicted molar refractivity (Wildman–Crippen MR) is 75.6 cm³/mol. The van der Waals surface area contributed by atoms with Crippen LogP contribution in [0.5, 0.6) is 0 Å². The summed E-state index contributed by atoms with van der Waals surface area (Å²) in [5.74, 6) is 0.938. The van der Waals surface area contributed by atoms with E-state index in [1.54, 1.807) is 0 Å². The van der Waals surface area contributed by atoms with Gasteiger partial charge >= 0.3 is 0 Å². The Balaban J connectivity index is 1.96. The summed E-state index contributed by atoms with van der Waals surface area (Å²) in [6.07, 6.45) is 4.01. The lowest BCUT2D eigenvalue weighted by Crippen LogP contribution is -2.30. The Hall–Kier alpha value is -0.610. The van der Waals surface area contributed by atoms with Gasteiger partial charge in [0, 0.05) is 13.0 Å². The number of nitrogens with zero attached hydrogens (tertiary/aromatic N) is 1. The van der Waals surface area contributed by atoms with Crippen molar-refractivity contribution in [3.05, 3.63) is 0 Å². The zero-order chi connectivity index (χ0) is 13.2. The molecule has 2 N–H and O–H groups in total. The molecule has 1 aliphatic heterocycles. The van der Waals surface area contributed by atoms with Crippen LogP contribution in [0.1, 0.15) is 39.5 Å². The highest BCUT2D eigenvalue weighted by Crippen LogP contribution is 2.13. The van der Waals surface area contributed by atoms with Crippen molar-refractivity contribution in [2.75, 3.05) is 39.3 Å². The number of amides is 1. The summed E-state index contributed by atoms with van der Waals surface area (Å²) >= 11 is 0. The predicted octanol–water partition coefficient (Wildman–Crippen LogP) is 1.22. The molecule has 1 aliphatic rings. The van der Waals surface area contributed by atoms with Gasteiger partial charge in [0.05, 0.1) is 0 Å². The number of hydrogen-bond acceptors (Lipinski definition) is 3. The maximum atomic E-state index is 11.6. The fourth-order valence-electron chi connectivity index (χ4n) is 2.45. The number of nitrogens with one attached hydrogen (secondary N) is 2. The van der Waals surface area contributed by atoms with Gasteiger partial charge in [0.15, 0.2) is 0 Å². The van der Waals surface area contributed by atoms with E-state index in [2.05, 4.69) is 29.4 Å². The van der Waals surface area contributed by atoms with E-state index < -0.39 is 0 Å². The summed E-state index contributed by atoms with van der Waals surface area (Å²) in [7, 11) is 0. The van der Waals surface area contributed by atoms with Crippen molar-refractivity contribution >= 4 is 5.91 Å². The normalized spacial score (nSPS) is 19.4. The SMILES string of the molecule is CCN(CC)CCCNC(=O)CCC1CCNC1. The number of carbonyl (C=O) groups is 1. The second kappa shape index (κ2) is 9.34. The number of hydrogen-bond donors (Lipinski definition) is 2. The van der Waals surface area contributed by atoms with Gasteiger partial charge in [0.1, 0.15) is 0 Å². The molecule has 1 saturated heterocycles. The summed E-state index contributed by atoms with van der Waals surface area (Å²) in [5.41, 5.74) is 0. The average molecular weight is 255 g/mol. The van der Waals surface area contributed by atoms with Gasteiger partial charge < -0.3 is 15.5 Å². The Morgan fingerprint density at radius 1 is 1.39 bits per heavy atom. The van der Waals surface area contributed by atoms with Crippen molar-refractivity contribution in [2.45, 2.75) is 39.5 Å². The highest BCUT2D eigenvalue weighted by atomic mass is 16.1. The van der Waals surface area contributed by atoms with Gasteiger partial charge in [-0.15, -0.1) is 0 Å². The molecule has 0 spiro atoms. The minimum absolute atomic E-state index is 0.224. The molecule has 0 aromatic heterocycles. The van der Waals surface area contributed by atoms with Gasteiger partial charge in [-0.25, -0.2) is 0 Å². The van der Waals surface area contributed by atoms with Crippen molar-refractivity contribution < 1.29 is 4.79 Å². The molecule has 1 rings (SSSR count). The molecule has 0 radical (unpaired) electrons. The summed E-state index contributed by atoms with van der Waals surface area (Å²) < 4.78 is 0. The third-order valence-electron chi connectivity index (χ3n) is 3.81. The van der Waals surface area contributed by atoms with E-state index in [1.165, 1.54) is 6.42 Å². The molecule has 1 fully saturated rings. The summed E-state index contributed by atoms with van der Waals surface area (Å²) in [6.45, 7) is 10.7. The Bertz CT molecular complexity index is 223. The first-order chi connectivity index (χ1) is 8.76. The largest absolute Gasteiger partial charge is 0.356 e. The van der Waals surface area contributed by atoms with Gasteiger partial charge in [-0.1, -0.05) is 13.8 Å². The highest BCUT2D eigenvalue weighted by molar-refractivity contribution is 5.75. The smallest absolute Gasteiger partial charge is 0.220 e. The highest BCUT2D eigenvalue weighted by Gasteiger charge is 2.15. The van der Waals surface area contributed by atoms with Crippen LogP contribution in [0.25, 0.3) is 0 Å². The van der Waals surface area contributed by atoms with Crippen LogP contribution in [0, 0.1) is 5.92 Å². The van der Waals surface area contributed by atoms with Crippen LogP contribution in [-0.2, 0) is 4.79 Å². The second-order valence-electron chi connectivity index (χ2n) is 5.13. The van der Waals surface area contributed by atoms with E-state index in [1.807, 2.05) is 0 Å². The molecule has 1 amide bonds.